The van der Waals surface area contributed by atoms with Crippen molar-refractivity contribution in [1.82, 2.24) is 9.55 Å². The number of aryl methyl sites for hydroxylation is 1. The van der Waals surface area contributed by atoms with Crippen LogP contribution in [0.1, 0.15) is 17.3 Å². The van der Waals surface area contributed by atoms with Gasteiger partial charge in [0.1, 0.15) is 5.82 Å². The predicted molar refractivity (Wildman–Crippen MR) is 64.3 cm³/mol. The van der Waals surface area contributed by atoms with Crippen molar-refractivity contribution in [3.63, 3.8) is 0 Å². The van der Waals surface area contributed by atoms with Crippen LogP contribution in [0.5, 0.6) is 0 Å². The van der Waals surface area contributed by atoms with Crippen LogP contribution in [-0.4, -0.2) is 16.1 Å². The second-order valence-corrected chi connectivity index (χ2v) is 3.84. The summed E-state index contributed by atoms with van der Waals surface area (Å²) in [6.45, 7) is 2.47. The minimum absolute atomic E-state index is 0.155. The summed E-state index contributed by atoms with van der Waals surface area (Å²) in [5.74, 6) is 0.879. The van der Waals surface area contributed by atoms with Gasteiger partial charge < -0.3 is 16.0 Å². The van der Waals surface area contributed by atoms with Gasteiger partial charge in [0.2, 0.25) is 0 Å². The lowest BCUT2D eigenvalue weighted by Crippen LogP contribution is -2.23. The highest BCUT2D eigenvalue weighted by molar-refractivity contribution is 5.31. The largest absolute Gasteiger partial charge is 0.329 e. The number of aromatic nitrogens is 2. The topological polar surface area (TPSA) is 69.9 Å². The molecule has 0 aromatic carbocycles. The third-order valence-corrected chi connectivity index (χ3v) is 2.56. The van der Waals surface area contributed by atoms with Crippen molar-refractivity contribution >= 4 is 0 Å². The molecule has 4 heteroatoms. The molecule has 0 aliphatic carbocycles. The number of nitrogens with zero attached hydrogens (tertiary/aromatic N) is 2. The first kappa shape index (κ1) is 10.9. The Hall–Kier alpha value is -1.65. The Morgan fingerprint density at radius 1 is 1.44 bits per heavy atom. The van der Waals surface area contributed by atoms with Crippen molar-refractivity contribution in [1.29, 1.82) is 0 Å². The van der Waals surface area contributed by atoms with Gasteiger partial charge in [0.05, 0.1) is 6.04 Å². The summed E-state index contributed by atoms with van der Waals surface area (Å²) in [7, 11) is 0. The van der Waals surface area contributed by atoms with E-state index in [9.17, 15) is 0 Å². The van der Waals surface area contributed by atoms with E-state index in [2.05, 4.69) is 4.98 Å². The SMILES string of the molecule is Cc1ccnc(-n2cccc2C(N)CN)c1. The number of nitrogens with two attached hydrogens (primary N) is 2. The van der Waals surface area contributed by atoms with E-state index in [4.69, 9.17) is 11.5 Å². The molecule has 4 N–H and O–H groups in total. The standard InChI is InChI=1S/C12H16N4/c1-9-4-5-15-12(7-9)16-6-2-3-11(16)10(14)8-13/h2-7,10H,8,13-14H2,1H3. The molecule has 0 aliphatic heterocycles. The third kappa shape index (κ3) is 1.98. The Morgan fingerprint density at radius 3 is 2.94 bits per heavy atom. The van der Waals surface area contributed by atoms with Crippen molar-refractivity contribution in [2.24, 2.45) is 11.5 Å². The first-order chi connectivity index (χ1) is 7.72. The van der Waals surface area contributed by atoms with Crippen molar-refractivity contribution in [3.8, 4) is 5.82 Å². The average molecular weight is 216 g/mol. The highest BCUT2D eigenvalue weighted by Gasteiger charge is 2.10. The van der Waals surface area contributed by atoms with Gasteiger partial charge in [0, 0.05) is 24.6 Å². The number of hydrogen-bond acceptors (Lipinski definition) is 3. The third-order valence-electron chi connectivity index (χ3n) is 2.56. The minimum Gasteiger partial charge on any atom is -0.329 e. The first-order valence-corrected chi connectivity index (χ1v) is 5.28. The smallest absolute Gasteiger partial charge is 0.137 e. The molecule has 0 saturated carbocycles. The Labute approximate surface area is 94.9 Å². The lowest BCUT2D eigenvalue weighted by Gasteiger charge is -2.13. The monoisotopic (exact) mass is 216 g/mol. The van der Waals surface area contributed by atoms with Crippen LogP contribution in [-0.2, 0) is 0 Å². The molecule has 0 fully saturated rings. The van der Waals surface area contributed by atoms with Gasteiger partial charge >= 0.3 is 0 Å². The van der Waals surface area contributed by atoms with Crippen LogP contribution in [0.4, 0.5) is 0 Å². The fraction of sp³-hybridized carbons (Fsp3) is 0.250. The summed E-state index contributed by atoms with van der Waals surface area (Å²) in [6, 6.07) is 7.76. The van der Waals surface area contributed by atoms with Crippen LogP contribution >= 0.6 is 0 Å². The molecule has 16 heavy (non-hydrogen) atoms. The van der Waals surface area contributed by atoms with Crippen LogP contribution in [0.25, 0.3) is 5.82 Å². The molecule has 0 radical (unpaired) electrons. The van der Waals surface area contributed by atoms with E-state index in [1.807, 2.05) is 42.0 Å². The highest BCUT2D eigenvalue weighted by Crippen LogP contribution is 2.16. The zero-order chi connectivity index (χ0) is 11.5. The van der Waals surface area contributed by atoms with Crippen molar-refractivity contribution in [2.45, 2.75) is 13.0 Å². The fourth-order valence-corrected chi connectivity index (χ4v) is 1.68. The van der Waals surface area contributed by atoms with Gasteiger partial charge in [-0.2, -0.15) is 0 Å². The summed E-state index contributed by atoms with van der Waals surface area (Å²) in [5.41, 5.74) is 13.7. The van der Waals surface area contributed by atoms with Crippen LogP contribution in [0.2, 0.25) is 0 Å². The molecule has 2 heterocycles. The number of pyridine rings is 1. The predicted octanol–water partition coefficient (Wildman–Crippen LogP) is 1.14. The molecule has 4 nitrogen and oxygen atoms in total. The van der Waals surface area contributed by atoms with Crippen LogP contribution in [0, 0.1) is 6.92 Å². The molecule has 2 rings (SSSR count). The van der Waals surface area contributed by atoms with Crippen molar-refractivity contribution in [3.05, 3.63) is 47.9 Å². The summed E-state index contributed by atoms with van der Waals surface area (Å²) < 4.78 is 1.98. The number of hydrogen-bond donors (Lipinski definition) is 2. The summed E-state index contributed by atoms with van der Waals surface area (Å²) in [5, 5.41) is 0. The van der Waals surface area contributed by atoms with Gasteiger partial charge in [-0.25, -0.2) is 4.98 Å². The maximum absolute atomic E-state index is 5.94. The second-order valence-electron chi connectivity index (χ2n) is 3.84. The van der Waals surface area contributed by atoms with E-state index >= 15 is 0 Å². The van der Waals surface area contributed by atoms with E-state index in [1.54, 1.807) is 6.20 Å². The van der Waals surface area contributed by atoms with Gasteiger partial charge in [0.25, 0.3) is 0 Å². The van der Waals surface area contributed by atoms with E-state index < -0.39 is 0 Å². The molecule has 0 amide bonds. The molecule has 0 bridgehead atoms. The lowest BCUT2D eigenvalue weighted by molar-refractivity contribution is 0.688. The maximum atomic E-state index is 5.94. The Balaban J connectivity index is 2.44. The Morgan fingerprint density at radius 2 is 2.25 bits per heavy atom. The van der Waals surface area contributed by atoms with Gasteiger partial charge in [0.15, 0.2) is 0 Å². The fourth-order valence-electron chi connectivity index (χ4n) is 1.68. The summed E-state index contributed by atoms with van der Waals surface area (Å²) in [4.78, 5) is 4.33. The zero-order valence-corrected chi connectivity index (χ0v) is 9.30. The normalized spacial score (nSPS) is 12.7. The molecule has 0 aliphatic rings. The van der Waals surface area contributed by atoms with Gasteiger partial charge in [-0.15, -0.1) is 0 Å². The summed E-state index contributed by atoms with van der Waals surface area (Å²) in [6.07, 6.45) is 3.75. The number of rotatable bonds is 3. The molecule has 1 atom stereocenters. The molecular formula is C12H16N4. The maximum Gasteiger partial charge on any atom is 0.137 e. The minimum atomic E-state index is -0.155. The summed E-state index contributed by atoms with van der Waals surface area (Å²) >= 11 is 0. The first-order valence-electron chi connectivity index (χ1n) is 5.28. The molecule has 0 spiro atoms. The van der Waals surface area contributed by atoms with E-state index in [1.165, 1.54) is 5.56 Å². The Bertz CT molecular complexity index is 475. The van der Waals surface area contributed by atoms with E-state index in [0.717, 1.165) is 11.5 Å². The van der Waals surface area contributed by atoms with Crippen molar-refractivity contribution < 1.29 is 0 Å². The lowest BCUT2D eigenvalue weighted by atomic mass is 10.2. The molecule has 84 valence electrons. The van der Waals surface area contributed by atoms with Gasteiger partial charge in [-0.3, -0.25) is 0 Å². The zero-order valence-electron chi connectivity index (χ0n) is 9.30. The van der Waals surface area contributed by atoms with Crippen molar-refractivity contribution in [2.75, 3.05) is 6.54 Å². The molecule has 0 saturated heterocycles. The molecule has 2 aromatic heterocycles. The quantitative estimate of drug-likeness (QED) is 0.808. The van der Waals surface area contributed by atoms with Crippen LogP contribution in [0.3, 0.4) is 0 Å². The average Bonchev–Trinajstić information content (AvgIpc) is 2.77. The van der Waals surface area contributed by atoms with E-state index in [0.29, 0.717) is 6.54 Å². The highest BCUT2D eigenvalue weighted by atomic mass is 15.1. The molecular weight excluding hydrogens is 200 g/mol. The van der Waals surface area contributed by atoms with Gasteiger partial charge in [-0.05, 0) is 36.8 Å². The van der Waals surface area contributed by atoms with Crippen LogP contribution < -0.4 is 11.5 Å². The molecule has 1 unspecified atom stereocenters. The van der Waals surface area contributed by atoms with Crippen LogP contribution in [0.15, 0.2) is 36.7 Å². The second kappa shape index (κ2) is 4.47. The van der Waals surface area contributed by atoms with E-state index in [-0.39, 0.29) is 6.04 Å². The van der Waals surface area contributed by atoms with Gasteiger partial charge in [-0.1, -0.05) is 0 Å². The Kier molecular flexibility index (Phi) is 3.03. The molecule has 2 aromatic rings.